The first kappa shape index (κ1) is 22.8. The van der Waals surface area contributed by atoms with Crippen LogP contribution in [0, 0.1) is 0 Å². The molecule has 0 radical (unpaired) electrons. The highest BCUT2D eigenvalue weighted by molar-refractivity contribution is 6.13. The molecule has 1 saturated heterocycles. The second kappa shape index (κ2) is 9.71. The predicted octanol–water partition coefficient (Wildman–Crippen LogP) is 3.20. The molecular formula is C25H25N7O3. The SMILES string of the molecule is CO[C@@H](C(=O)n1cc2c(c1)/C(=N\C(=O)c1ccc(N3CCN(N)CC3)cc1)N=N2)c1ccccc1. The number of hydrogen-bond acceptors (Lipinski definition) is 7. The summed E-state index contributed by atoms with van der Waals surface area (Å²) in [5.74, 6) is 5.29. The number of carbonyl (C=O) groups is 2. The first-order valence-electron chi connectivity index (χ1n) is 11.3. The Kier molecular flexibility index (Phi) is 6.32. The van der Waals surface area contributed by atoms with Gasteiger partial charge >= 0.3 is 0 Å². The van der Waals surface area contributed by atoms with Crippen LogP contribution in [0.5, 0.6) is 0 Å². The highest BCUT2D eigenvalue weighted by atomic mass is 16.5. The van der Waals surface area contributed by atoms with Crippen molar-refractivity contribution in [3.05, 3.63) is 83.7 Å². The average molecular weight is 472 g/mol. The third-order valence-electron chi connectivity index (χ3n) is 6.12. The van der Waals surface area contributed by atoms with Crippen molar-refractivity contribution >= 4 is 29.0 Å². The molecular weight excluding hydrogens is 446 g/mol. The highest BCUT2D eigenvalue weighted by Crippen LogP contribution is 2.30. The summed E-state index contributed by atoms with van der Waals surface area (Å²) in [6.45, 7) is 3.25. The van der Waals surface area contributed by atoms with E-state index in [2.05, 4.69) is 20.1 Å². The topological polar surface area (TPSA) is 118 Å². The summed E-state index contributed by atoms with van der Waals surface area (Å²) in [4.78, 5) is 32.2. The van der Waals surface area contributed by atoms with E-state index in [1.807, 2.05) is 42.5 Å². The third kappa shape index (κ3) is 4.67. The second-order valence-electron chi connectivity index (χ2n) is 8.34. The standard InChI is InChI=1S/C25H25N7O3/c1-35-22(17-5-3-2-4-6-17)25(34)31-15-20-21(16-31)28-29-23(20)27-24(33)18-7-9-19(10-8-18)30-11-13-32(26)14-12-30/h2-10,15-16,22H,11-14,26H2,1H3/b27-23+/t22-/m1/s1. The van der Waals surface area contributed by atoms with E-state index >= 15 is 0 Å². The summed E-state index contributed by atoms with van der Waals surface area (Å²) in [7, 11) is 1.49. The number of piperazine rings is 1. The molecule has 1 fully saturated rings. The van der Waals surface area contributed by atoms with Crippen molar-refractivity contribution < 1.29 is 14.3 Å². The monoisotopic (exact) mass is 471 g/mol. The molecule has 0 unspecified atom stereocenters. The largest absolute Gasteiger partial charge is 0.369 e. The second-order valence-corrected chi connectivity index (χ2v) is 8.34. The van der Waals surface area contributed by atoms with E-state index in [0.29, 0.717) is 16.8 Å². The number of fused-ring (bicyclic) bond motifs is 1. The number of hydrazine groups is 1. The van der Waals surface area contributed by atoms with Gasteiger partial charge < -0.3 is 9.64 Å². The van der Waals surface area contributed by atoms with Crippen LogP contribution < -0.4 is 10.7 Å². The Morgan fingerprint density at radius 1 is 0.971 bits per heavy atom. The molecule has 1 aromatic heterocycles. The number of carbonyl (C=O) groups excluding carboxylic acids is 2. The van der Waals surface area contributed by atoms with Crippen molar-refractivity contribution in [3.63, 3.8) is 0 Å². The lowest BCUT2D eigenvalue weighted by Gasteiger charge is -2.33. The van der Waals surface area contributed by atoms with Crippen LogP contribution in [0.25, 0.3) is 0 Å². The number of anilines is 1. The molecule has 0 aliphatic carbocycles. The van der Waals surface area contributed by atoms with Crippen LogP contribution in [-0.2, 0) is 4.74 Å². The maximum absolute atomic E-state index is 13.1. The van der Waals surface area contributed by atoms with Gasteiger partial charge in [0.05, 0.1) is 5.56 Å². The fourth-order valence-electron chi connectivity index (χ4n) is 4.16. The molecule has 3 aromatic rings. The molecule has 2 aromatic carbocycles. The van der Waals surface area contributed by atoms with Crippen LogP contribution in [0.1, 0.15) is 32.4 Å². The normalized spacial score (nSPS) is 17.5. The molecule has 35 heavy (non-hydrogen) atoms. The van der Waals surface area contributed by atoms with Crippen LogP contribution >= 0.6 is 0 Å². The summed E-state index contributed by atoms with van der Waals surface area (Å²) in [6.07, 6.45) is 2.38. The molecule has 5 rings (SSSR count). The average Bonchev–Trinajstić information content (AvgIpc) is 3.48. The van der Waals surface area contributed by atoms with Crippen LogP contribution in [0.2, 0.25) is 0 Å². The van der Waals surface area contributed by atoms with E-state index in [9.17, 15) is 9.59 Å². The molecule has 10 heteroatoms. The Morgan fingerprint density at radius 2 is 1.69 bits per heavy atom. The molecule has 3 heterocycles. The van der Waals surface area contributed by atoms with Crippen molar-refractivity contribution in [2.75, 3.05) is 38.2 Å². The van der Waals surface area contributed by atoms with E-state index in [-0.39, 0.29) is 11.7 Å². The summed E-state index contributed by atoms with van der Waals surface area (Å²) >= 11 is 0. The first-order valence-corrected chi connectivity index (χ1v) is 11.3. The lowest BCUT2D eigenvalue weighted by molar-refractivity contribution is 0.0514. The number of methoxy groups -OCH3 is 1. The number of aromatic nitrogens is 1. The fraction of sp³-hybridized carbons (Fsp3) is 0.240. The predicted molar refractivity (Wildman–Crippen MR) is 131 cm³/mol. The van der Waals surface area contributed by atoms with Gasteiger partial charge in [0.1, 0.15) is 5.69 Å². The lowest BCUT2D eigenvalue weighted by atomic mass is 10.1. The summed E-state index contributed by atoms with van der Waals surface area (Å²) in [5, 5.41) is 9.90. The van der Waals surface area contributed by atoms with Gasteiger partial charge in [0, 0.05) is 56.9 Å². The molecule has 0 spiro atoms. The zero-order valence-electron chi connectivity index (χ0n) is 19.2. The Morgan fingerprint density at radius 3 is 2.37 bits per heavy atom. The highest BCUT2D eigenvalue weighted by Gasteiger charge is 2.26. The number of nitrogens with two attached hydrogens (primary N) is 1. The zero-order valence-corrected chi connectivity index (χ0v) is 19.2. The van der Waals surface area contributed by atoms with Crippen molar-refractivity contribution in [2.45, 2.75) is 6.10 Å². The summed E-state index contributed by atoms with van der Waals surface area (Å²) in [6, 6.07) is 16.6. The lowest BCUT2D eigenvalue weighted by Crippen LogP contribution is -2.49. The number of azo groups is 1. The molecule has 0 saturated carbocycles. The number of aliphatic imine (C=N–C) groups is 1. The number of rotatable bonds is 5. The molecule has 0 bridgehead atoms. The van der Waals surface area contributed by atoms with Crippen LogP contribution in [0.3, 0.4) is 0 Å². The third-order valence-corrected chi connectivity index (χ3v) is 6.12. The van der Waals surface area contributed by atoms with Crippen molar-refractivity contribution in [1.82, 2.24) is 9.58 Å². The zero-order chi connectivity index (χ0) is 24.4. The van der Waals surface area contributed by atoms with E-state index in [1.54, 1.807) is 29.5 Å². The fourth-order valence-corrected chi connectivity index (χ4v) is 4.16. The van der Waals surface area contributed by atoms with Gasteiger partial charge in [-0.1, -0.05) is 30.3 Å². The quantitative estimate of drug-likeness (QED) is 0.571. The number of amides is 1. The summed E-state index contributed by atoms with van der Waals surface area (Å²) < 4.78 is 6.84. The maximum atomic E-state index is 13.1. The van der Waals surface area contributed by atoms with Crippen molar-refractivity contribution in [1.29, 1.82) is 0 Å². The molecule has 10 nitrogen and oxygen atoms in total. The minimum Gasteiger partial charge on any atom is -0.369 e. The maximum Gasteiger partial charge on any atom is 0.279 e. The summed E-state index contributed by atoms with van der Waals surface area (Å²) in [5.41, 5.74) is 3.22. The molecule has 1 amide bonds. The number of amidine groups is 1. The van der Waals surface area contributed by atoms with Gasteiger partial charge in [-0.2, -0.15) is 4.99 Å². The van der Waals surface area contributed by atoms with Gasteiger partial charge in [-0.15, -0.1) is 10.2 Å². The van der Waals surface area contributed by atoms with Crippen molar-refractivity contribution in [3.8, 4) is 0 Å². The molecule has 2 aliphatic heterocycles. The number of nitrogens with zero attached hydrogens (tertiary/aromatic N) is 6. The van der Waals surface area contributed by atoms with E-state index in [4.69, 9.17) is 10.6 Å². The van der Waals surface area contributed by atoms with Gasteiger partial charge in [0.25, 0.3) is 11.8 Å². The Balaban J connectivity index is 1.32. The minimum absolute atomic E-state index is 0.174. The molecule has 2 aliphatic rings. The Bertz CT molecular complexity index is 1290. The van der Waals surface area contributed by atoms with Gasteiger partial charge in [0.2, 0.25) is 0 Å². The van der Waals surface area contributed by atoms with Crippen molar-refractivity contribution in [2.24, 2.45) is 21.1 Å². The van der Waals surface area contributed by atoms with Crippen LogP contribution in [0.15, 0.2) is 82.2 Å². The van der Waals surface area contributed by atoms with Gasteiger partial charge in [0.15, 0.2) is 11.9 Å². The van der Waals surface area contributed by atoms with Gasteiger partial charge in [-0.3, -0.25) is 20.0 Å². The number of benzene rings is 2. The number of ether oxygens (including phenoxy) is 1. The number of hydrogen-bond donors (Lipinski definition) is 1. The molecule has 178 valence electrons. The van der Waals surface area contributed by atoms with E-state index in [1.165, 1.54) is 11.7 Å². The van der Waals surface area contributed by atoms with Crippen LogP contribution in [-0.4, -0.2) is 60.5 Å². The smallest absolute Gasteiger partial charge is 0.279 e. The van der Waals surface area contributed by atoms with Gasteiger partial charge in [-0.25, -0.2) is 5.01 Å². The van der Waals surface area contributed by atoms with Gasteiger partial charge in [-0.05, 0) is 29.8 Å². The van der Waals surface area contributed by atoms with E-state index < -0.39 is 12.0 Å². The Hall–Kier alpha value is -3.99. The molecule has 2 N–H and O–H groups in total. The van der Waals surface area contributed by atoms with Crippen LogP contribution in [0.4, 0.5) is 11.4 Å². The first-order chi connectivity index (χ1) is 17.0. The minimum atomic E-state index is -0.769. The van der Waals surface area contributed by atoms with E-state index in [0.717, 1.165) is 37.4 Å². The Labute approximate surface area is 202 Å². The molecule has 1 atom stereocenters.